The van der Waals surface area contributed by atoms with Crippen LogP contribution in [0.5, 0.6) is 0 Å². The van der Waals surface area contributed by atoms with Crippen molar-refractivity contribution in [3.8, 4) is 0 Å². The largest absolute Gasteiger partial charge is 0.481 e. The van der Waals surface area contributed by atoms with Gasteiger partial charge in [0.1, 0.15) is 0 Å². The van der Waals surface area contributed by atoms with Crippen molar-refractivity contribution in [1.29, 1.82) is 0 Å². The summed E-state index contributed by atoms with van der Waals surface area (Å²) in [5.74, 6) is -1.21. The molecule has 4 atom stereocenters. The first-order chi connectivity index (χ1) is 8.02. The number of hydrogen-bond donors (Lipinski definition) is 4. The van der Waals surface area contributed by atoms with Crippen molar-refractivity contribution in [2.45, 2.75) is 50.4 Å². The summed E-state index contributed by atoms with van der Waals surface area (Å²) in [5.41, 5.74) is 0. The minimum atomic E-state index is -0.903. The molecule has 0 heterocycles. The van der Waals surface area contributed by atoms with E-state index in [1.54, 1.807) is 6.08 Å². The topological polar surface area (TPSA) is 98.0 Å². The summed E-state index contributed by atoms with van der Waals surface area (Å²) in [6.45, 7) is 0. The molecule has 0 amide bonds. The summed E-state index contributed by atoms with van der Waals surface area (Å²) >= 11 is 0. The van der Waals surface area contributed by atoms with E-state index in [1.165, 1.54) is 0 Å². The molecule has 4 unspecified atom stereocenters. The smallest absolute Gasteiger partial charge is 0.303 e. The highest BCUT2D eigenvalue weighted by Gasteiger charge is 2.38. The summed E-state index contributed by atoms with van der Waals surface area (Å²) in [6, 6.07) is 0. The molecule has 0 aliphatic heterocycles. The van der Waals surface area contributed by atoms with Gasteiger partial charge in [0.25, 0.3) is 0 Å². The molecule has 0 aromatic carbocycles. The predicted molar refractivity (Wildman–Crippen MR) is 61.4 cm³/mol. The van der Waals surface area contributed by atoms with E-state index in [9.17, 15) is 20.1 Å². The molecule has 1 aliphatic carbocycles. The number of unbranched alkanes of at least 4 members (excludes halogenated alkanes) is 2. The molecule has 1 saturated carbocycles. The van der Waals surface area contributed by atoms with E-state index in [-0.39, 0.29) is 12.8 Å². The number of aliphatic hydroxyl groups is 3. The van der Waals surface area contributed by atoms with Gasteiger partial charge in [-0.05, 0) is 19.3 Å². The lowest BCUT2D eigenvalue weighted by molar-refractivity contribution is -0.137. The van der Waals surface area contributed by atoms with Gasteiger partial charge >= 0.3 is 5.97 Å². The Hall–Kier alpha value is -0.910. The molecule has 0 bridgehead atoms. The van der Waals surface area contributed by atoms with Crippen molar-refractivity contribution in [2.24, 2.45) is 5.92 Å². The van der Waals surface area contributed by atoms with Gasteiger partial charge in [-0.1, -0.05) is 12.2 Å². The average Bonchev–Trinajstić information content (AvgIpc) is 2.48. The molecule has 98 valence electrons. The van der Waals surface area contributed by atoms with Crippen molar-refractivity contribution < 1.29 is 25.2 Å². The maximum Gasteiger partial charge on any atom is 0.303 e. The first kappa shape index (κ1) is 14.2. The van der Waals surface area contributed by atoms with Gasteiger partial charge < -0.3 is 20.4 Å². The van der Waals surface area contributed by atoms with Crippen molar-refractivity contribution in [3.05, 3.63) is 12.2 Å². The van der Waals surface area contributed by atoms with Gasteiger partial charge in [-0.2, -0.15) is 0 Å². The summed E-state index contributed by atoms with van der Waals surface area (Å²) < 4.78 is 0. The van der Waals surface area contributed by atoms with Gasteiger partial charge in [0.05, 0.1) is 18.3 Å². The highest BCUT2D eigenvalue weighted by atomic mass is 16.4. The third-order valence-corrected chi connectivity index (χ3v) is 3.09. The molecule has 1 fully saturated rings. The monoisotopic (exact) mass is 244 g/mol. The van der Waals surface area contributed by atoms with E-state index in [0.717, 1.165) is 12.8 Å². The molecular weight excluding hydrogens is 224 g/mol. The second-order valence-electron chi connectivity index (χ2n) is 4.51. The van der Waals surface area contributed by atoms with Crippen LogP contribution in [0.2, 0.25) is 0 Å². The number of aliphatic hydroxyl groups excluding tert-OH is 3. The van der Waals surface area contributed by atoms with Crippen LogP contribution in [-0.4, -0.2) is 44.7 Å². The van der Waals surface area contributed by atoms with Crippen LogP contribution < -0.4 is 0 Å². The predicted octanol–water partition coefficient (Wildman–Crippen LogP) is 0.290. The SMILES string of the molecule is O=C(O)CCCCC=CC1C(O)CC(O)C1O. The Labute approximate surface area is 100 Å². The lowest BCUT2D eigenvalue weighted by Gasteiger charge is -2.14. The van der Waals surface area contributed by atoms with E-state index in [0.29, 0.717) is 6.42 Å². The maximum absolute atomic E-state index is 10.3. The second kappa shape index (κ2) is 6.74. The number of rotatable bonds is 6. The number of hydrogen-bond acceptors (Lipinski definition) is 4. The first-order valence-corrected chi connectivity index (χ1v) is 5.95. The molecule has 0 aromatic heterocycles. The Morgan fingerprint density at radius 3 is 2.41 bits per heavy atom. The summed E-state index contributed by atoms with van der Waals surface area (Å²) in [5, 5.41) is 36.9. The molecular formula is C12H20O5. The lowest BCUT2D eigenvalue weighted by Crippen LogP contribution is -2.25. The van der Waals surface area contributed by atoms with Crippen molar-refractivity contribution in [1.82, 2.24) is 0 Å². The highest BCUT2D eigenvalue weighted by molar-refractivity contribution is 5.66. The number of carboxylic acids is 1. The normalized spacial score (nSPS) is 33.4. The molecule has 5 heteroatoms. The van der Waals surface area contributed by atoms with E-state index >= 15 is 0 Å². The van der Waals surface area contributed by atoms with Crippen LogP contribution in [-0.2, 0) is 4.79 Å². The minimum absolute atomic E-state index is 0.168. The highest BCUT2D eigenvalue weighted by Crippen LogP contribution is 2.28. The van der Waals surface area contributed by atoms with Crippen LogP contribution in [0.4, 0.5) is 0 Å². The fraction of sp³-hybridized carbons (Fsp3) is 0.750. The van der Waals surface area contributed by atoms with Crippen LogP contribution in [0.15, 0.2) is 12.2 Å². The van der Waals surface area contributed by atoms with Crippen LogP contribution >= 0.6 is 0 Å². The number of carbonyl (C=O) groups is 1. The van der Waals surface area contributed by atoms with Crippen molar-refractivity contribution in [2.75, 3.05) is 0 Å². The standard InChI is InChI=1S/C12H20O5/c13-9-7-10(14)12(17)8(9)5-3-1-2-4-6-11(15)16/h3,5,8-10,12-14,17H,1-2,4,6-7H2,(H,15,16). The number of carboxylic acid groups (broad SMARTS) is 1. The molecule has 5 nitrogen and oxygen atoms in total. The Morgan fingerprint density at radius 1 is 1.18 bits per heavy atom. The summed E-state index contributed by atoms with van der Waals surface area (Å²) in [6.07, 6.45) is 3.57. The maximum atomic E-state index is 10.3. The van der Waals surface area contributed by atoms with E-state index in [4.69, 9.17) is 5.11 Å². The van der Waals surface area contributed by atoms with Gasteiger partial charge in [0, 0.05) is 18.8 Å². The summed E-state index contributed by atoms with van der Waals surface area (Å²) in [4.78, 5) is 10.3. The lowest BCUT2D eigenvalue weighted by atomic mass is 10.0. The van der Waals surface area contributed by atoms with Crippen LogP contribution in [0.1, 0.15) is 32.1 Å². The van der Waals surface area contributed by atoms with Gasteiger partial charge in [-0.25, -0.2) is 0 Å². The van der Waals surface area contributed by atoms with Gasteiger partial charge in [-0.15, -0.1) is 0 Å². The van der Waals surface area contributed by atoms with Crippen LogP contribution in [0.25, 0.3) is 0 Å². The average molecular weight is 244 g/mol. The molecule has 0 spiro atoms. The van der Waals surface area contributed by atoms with E-state index < -0.39 is 30.2 Å². The van der Waals surface area contributed by atoms with Crippen LogP contribution in [0, 0.1) is 5.92 Å². The van der Waals surface area contributed by atoms with Crippen molar-refractivity contribution in [3.63, 3.8) is 0 Å². The third kappa shape index (κ3) is 4.46. The van der Waals surface area contributed by atoms with Gasteiger partial charge in [0.2, 0.25) is 0 Å². The Morgan fingerprint density at radius 2 is 1.88 bits per heavy atom. The zero-order valence-corrected chi connectivity index (χ0v) is 9.70. The van der Waals surface area contributed by atoms with E-state index in [1.807, 2.05) is 6.08 Å². The number of allylic oxidation sites excluding steroid dienone is 1. The minimum Gasteiger partial charge on any atom is -0.481 e. The molecule has 4 N–H and O–H groups in total. The van der Waals surface area contributed by atoms with Crippen molar-refractivity contribution >= 4 is 5.97 Å². The van der Waals surface area contributed by atoms with E-state index in [2.05, 4.69) is 0 Å². The molecule has 17 heavy (non-hydrogen) atoms. The van der Waals surface area contributed by atoms with Crippen LogP contribution in [0.3, 0.4) is 0 Å². The Bertz CT molecular complexity index is 276. The molecule has 1 aliphatic rings. The quantitative estimate of drug-likeness (QED) is 0.397. The zero-order chi connectivity index (χ0) is 12.8. The van der Waals surface area contributed by atoms with Gasteiger partial charge in [-0.3, -0.25) is 4.79 Å². The fourth-order valence-electron chi connectivity index (χ4n) is 2.06. The Kier molecular flexibility index (Phi) is 5.61. The fourth-order valence-corrected chi connectivity index (χ4v) is 2.06. The number of aliphatic carboxylic acids is 1. The molecule has 0 aromatic rings. The Balaban J connectivity index is 2.22. The first-order valence-electron chi connectivity index (χ1n) is 5.95. The van der Waals surface area contributed by atoms with Gasteiger partial charge in [0.15, 0.2) is 0 Å². The molecule has 1 rings (SSSR count). The molecule has 0 saturated heterocycles. The second-order valence-corrected chi connectivity index (χ2v) is 4.51. The third-order valence-electron chi connectivity index (χ3n) is 3.09. The zero-order valence-electron chi connectivity index (χ0n) is 9.70. The molecule has 0 radical (unpaired) electrons. The summed E-state index contributed by atoms with van der Waals surface area (Å²) in [7, 11) is 0.